The van der Waals surface area contributed by atoms with E-state index in [2.05, 4.69) is 22.6 Å². The molecular formula is C35H47ClN6O3. The van der Waals surface area contributed by atoms with Gasteiger partial charge in [-0.3, -0.25) is 4.79 Å². The van der Waals surface area contributed by atoms with Gasteiger partial charge >= 0.3 is 12.1 Å². The highest BCUT2D eigenvalue weighted by molar-refractivity contribution is 6.31. The Morgan fingerprint density at radius 3 is 2.24 bits per heavy atom. The number of amides is 5. The minimum absolute atomic E-state index is 0.00341. The van der Waals surface area contributed by atoms with E-state index in [-0.39, 0.29) is 24.0 Å². The summed E-state index contributed by atoms with van der Waals surface area (Å²) in [6.45, 7) is 7.41. The Balaban J connectivity index is 1.07. The van der Waals surface area contributed by atoms with Crippen molar-refractivity contribution >= 4 is 35.3 Å². The van der Waals surface area contributed by atoms with Gasteiger partial charge in [-0.2, -0.15) is 0 Å². The summed E-state index contributed by atoms with van der Waals surface area (Å²) in [6.07, 6.45) is 6.37. The van der Waals surface area contributed by atoms with Crippen molar-refractivity contribution in [2.24, 2.45) is 11.8 Å². The Labute approximate surface area is 272 Å². The molecular weight excluding hydrogens is 588 g/mol. The molecule has 0 radical (unpaired) electrons. The Hall–Kier alpha value is -3.30. The molecule has 1 atom stereocenters. The highest BCUT2D eigenvalue weighted by atomic mass is 35.5. The number of nitrogens with zero attached hydrogens (tertiary/aromatic N) is 4. The van der Waals surface area contributed by atoms with Crippen LogP contribution in [0.15, 0.2) is 42.5 Å². The third-order valence-electron chi connectivity index (χ3n) is 10.6. The number of benzene rings is 2. The summed E-state index contributed by atoms with van der Waals surface area (Å²) in [6, 6.07) is 12.8. The van der Waals surface area contributed by atoms with Crippen LogP contribution in [0.1, 0.15) is 55.2 Å². The molecule has 0 spiro atoms. The maximum atomic E-state index is 14.0. The largest absolute Gasteiger partial charge is 0.341 e. The molecule has 0 aliphatic carbocycles. The van der Waals surface area contributed by atoms with Crippen LogP contribution in [0, 0.1) is 18.8 Å². The monoisotopic (exact) mass is 634 g/mol. The third-order valence-corrected chi connectivity index (χ3v) is 11.0. The number of piperidine rings is 3. The van der Waals surface area contributed by atoms with Gasteiger partial charge in [0.2, 0.25) is 5.91 Å². The molecule has 3 saturated heterocycles. The standard InChI is InChI=1S/C35H47ClN6O3/c1-24-21-25(7-8-30(24)36)22-32(33(43)40-17-11-27(12-18-40)26-9-15-39(2)16-10-26)38-34(44)41-19-13-29(14-20-41)42-23-28-5-3-4-6-31(28)37-35(42)45/h3-8,21,26-27,29,32H,9-20,22-23H2,1-2H3,(H,37,45)(H,38,44). The van der Waals surface area contributed by atoms with E-state index < -0.39 is 6.04 Å². The van der Waals surface area contributed by atoms with Crippen LogP contribution in [0.4, 0.5) is 15.3 Å². The molecule has 45 heavy (non-hydrogen) atoms. The van der Waals surface area contributed by atoms with E-state index in [1.807, 2.05) is 59.2 Å². The number of aryl methyl sites for hydroxylation is 1. The zero-order chi connectivity index (χ0) is 31.5. The first-order chi connectivity index (χ1) is 21.7. The molecule has 1 unspecified atom stereocenters. The molecule has 2 N–H and O–H groups in total. The molecule has 0 saturated carbocycles. The lowest BCUT2D eigenvalue weighted by Crippen LogP contribution is -2.57. The third kappa shape index (κ3) is 7.41. The van der Waals surface area contributed by atoms with E-state index in [0.29, 0.717) is 49.8 Å². The van der Waals surface area contributed by atoms with Crippen molar-refractivity contribution in [3.8, 4) is 0 Å². The van der Waals surface area contributed by atoms with Gasteiger partial charge in [-0.15, -0.1) is 0 Å². The van der Waals surface area contributed by atoms with Crippen molar-refractivity contribution < 1.29 is 14.4 Å². The summed E-state index contributed by atoms with van der Waals surface area (Å²) in [7, 11) is 2.20. The van der Waals surface area contributed by atoms with Gasteiger partial charge in [-0.25, -0.2) is 9.59 Å². The van der Waals surface area contributed by atoms with Crippen molar-refractivity contribution in [3.63, 3.8) is 0 Å². The predicted octanol–water partition coefficient (Wildman–Crippen LogP) is 5.36. The molecule has 2 aromatic rings. The zero-order valence-corrected chi connectivity index (χ0v) is 27.4. The van der Waals surface area contributed by atoms with Crippen molar-refractivity contribution in [1.29, 1.82) is 0 Å². The number of halogens is 1. The number of likely N-dealkylation sites (tertiary alicyclic amines) is 3. The van der Waals surface area contributed by atoms with Gasteiger partial charge in [-0.05, 0) is 106 Å². The van der Waals surface area contributed by atoms with Crippen molar-refractivity contribution in [1.82, 2.24) is 24.9 Å². The van der Waals surface area contributed by atoms with Crippen LogP contribution < -0.4 is 10.6 Å². The fourth-order valence-electron chi connectivity index (χ4n) is 7.72. The Morgan fingerprint density at radius 2 is 1.56 bits per heavy atom. The highest BCUT2D eigenvalue weighted by Gasteiger charge is 2.36. The molecule has 10 heteroatoms. The number of hydrogen-bond acceptors (Lipinski definition) is 4. The number of carbonyl (C=O) groups is 3. The summed E-state index contributed by atoms with van der Waals surface area (Å²) in [5.74, 6) is 1.42. The van der Waals surface area contributed by atoms with Crippen LogP contribution >= 0.6 is 11.6 Å². The fraction of sp³-hybridized carbons (Fsp3) is 0.571. The number of urea groups is 2. The lowest BCUT2D eigenvalue weighted by molar-refractivity contribution is -0.135. The SMILES string of the molecule is Cc1cc(CC(NC(=O)N2CCC(N3Cc4ccccc4NC3=O)CC2)C(=O)N2CCC(C3CCN(C)CC3)CC2)ccc1Cl. The summed E-state index contributed by atoms with van der Waals surface area (Å²) < 4.78 is 0. The molecule has 4 heterocycles. The average Bonchev–Trinajstić information content (AvgIpc) is 3.06. The maximum Gasteiger partial charge on any atom is 0.322 e. The fourth-order valence-corrected chi connectivity index (χ4v) is 7.84. The molecule has 6 rings (SSSR count). The van der Waals surface area contributed by atoms with Crippen molar-refractivity contribution in [2.75, 3.05) is 51.6 Å². The minimum Gasteiger partial charge on any atom is -0.341 e. The van der Waals surface area contributed by atoms with Crippen LogP contribution in [-0.2, 0) is 17.8 Å². The molecule has 242 valence electrons. The molecule has 9 nitrogen and oxygen atoms in total. The molecule has 3 fully saturated rings. The number of rotatable bonds is 6. The number of anilines is 1. The first-order valence-electron chi connectivity index (χ1n) is 16.7. The van der Waals surface area contributed by atoms with E-state index in [0.717, 1.165) is 67.3 Å². The maximum absolute atomic E-state index is 14.0. The number of para-hydroxylation sites is 1. The van der Waals surface area contributed by atoms with Gasteiger partial charge in [0.15, 0.2) is 0 Å². The zero-order valence-electron chi connectivity index (χ0n) is 26.6. The van der Waals surface area contributed by atoms with Crippen molar-refractivity contribution in [2.45, 2.75) is 70.5 Å². The summed E-state index contributed by atoms with van der Waals surface area (Å²) in [5, 5.41) is 6.82. The van der Waals surface area contributed by atoms with Gasteiger partial charge in [0.25, 0.3) is 0 Å². The molecule has 0 bridgehead atoms. The van der Waals surface area contributed by atoms with Crippen LogP contribution in [0.3, 0.4) is 0 Å². The first kappa shape index (κ1) is 31.7. The topological polar surface area (TPSA) is 88.2 Å². The van der Waals surface area contributed by atoms with Gasteiger partial charge in [0.1, 0.15) is 6.04 Å². The van der Waals surface area contributed by atoms with E-state index >= 15 is 0 Å². The van der Waals surface area contributed by atoms with Gasteiger partial charge in [0.05, 0.1) is 0 Å². The number of carbonyl (C=O) groups excluding carboxylic acids is 3. The number of fused-ring (bicyclic) bond motifs is 1. The second-order valence-corrected chi connectivity index (χ2v) is 13.9. The van der Waals surface area contributed by atoms with Crippen molar-refractivity contribution in [3.05, 3.63) is 64.2 Å². The summed E-state index contributed by atoms with van der Waals surface area (Å²) in [4.78, 5) is 48.6. The van der Waals surface area contributed by atoms with E-state index in [1.54, 1.807) is 4.90 Å². The smallest absolute Gasteiger partial charge is 0.322 e. The Morgan fingerprint density at radius 1 is 0.911 bits per heavy atom. The lowest BCUT2D eigenvalue weighted by Gasteiger charge is -2.41. The van der Waals surface area contributed by atoms with E-state index in [4.69, 9.17) is 11.6 Å². The Kier molecular flexibility index (Phi) is 9.85. The predicted molar refractivity (Wildman–Crippen MR) is 177 cm³/mol. The average molecular weight is 635 g/mol. The molecule has 4 aliphatic heterocycles. The molecule has 5 amide bonds. The van der Waals surface area contributed by atoms with Gasteiger partial charge in [0, 0.05) is 55.9 Å². The normalized spacial score (nSPS) is 21.3. The summed E-state index contributed by atoms with van der Waals surface area (Å²) in [5.41, 5.74) is 3.91. The second kappa shape index (κ2) is 14.0. The van der Waals surface area contributed by atoms with Crippen LogP contribution in [0.2, 0.25) is 5.02 Å². The van der Waals surface area contributed by atoms with Crippen LogP contribution in [-0.4, -0.2) is 96.0 Å². The number of hydrogen-bond donors (Lipinski definition) is 2. The van der Waals surface area contributed by atoms with Gasteiger partial charge < -0.3 is 30.2 Å². The van der Waals surface area contributed by atoms with E-state index in [9.17, 15) is 14.4 Å². The highest BCUT2D eigenvalue weighted by Crippen LogP contribution is 2.33. The van der Waals surface area contributed by atoms with Gasteiger partial charge in [-0.1, -0.05) is 41.9 Å². The Bertz CT molecular complexity index is 1380. The van der Waals surface area contributed by atoms with Crippen LogP contribution in [0.5, 0.6) is 0 Å². The lowest BCUT2D eigenvalue weighted by atomic mass is 9.79. The van der Waals surface area contributed by atoms with E-state index in [1.165, 1.54) is 12.8 Å². The minimum atomic E-state index is -0.653. The quantitative estimate of drug-likeness (QED) is 0.448. The molecule has 0 aromatic heterocycles. The molecule has 2 aromatic carbocycles. The summed E-state index contributed by atoms with van der Waals surface area (Å²) >= 11 is 6.29. The molecule has 4 aliphatic rings. The van der Waals surface area contributed by atoms with Crippen LogP contribution in [0.25, 0.3) is 0 Å². The first-order valence-corrected chi connectivity index (χ1v) is 17.1. The second-order valence-electron chi connectivity index (χ2n) is 13.5. The number of nitrogens with one attached hydrogen (secondary N) is 2.